The number of benzene rings is 2. The fourth-order valence-corrected chi connectivity index (χ4v) is 4.13. The van der Waals surface area contributed by atoms with Crippen molar-refractivity contribution in [3.8, 4) is 0 Å². The number of nitrogens with one attached hydrogen (secondary N) is 1. The van der Waals surface area contributed by atoms with Gasteiger partial charge in [-0.15, -0.1) is 0 Å². The van der Waals surface area contributed by atoms with Crippen LogP contribution < -0.4 is 21.9 Å². The van der Waals surface area contributed by atoms with Gasteiger partial charge in [0.25, 0.3) is 5.56 Å². The summed E-state index contributed by atoms with van der Waals surface area (Å²) in [4.78, 5) is 54.6. The minimum Gasteiger partial charge on any atom is -0.453 e. The number of nitrogens with two attached hydrogens (primary N) is 1. The number of aromatic amines is 1. The first-order chi connectivity index (χ1) is 16.9. The Morgan fingerprint density at radius 1 is 1.11 bits per heavy atom. The van der Waals surface area contributed by atoms with E-state index in [0.717, 1.165) is 5.56 Å². The number of esters is 1. The van der Waals surface area contributed by atoms with E-state index < -0.39 is 29.2 Å². The first-order valence-electron chi connectivity index (χ1n) is 11.2. The lowest BCUT2D eigenvalue weighted by molar-refractivity contribution is -0.120. The van der Waals surface area contributed by atoms with E-state index in [1.807, 2.05) is 30.3 Å². The predicted molar refractivity (Wildman–Crippen MR) is 129 cm³/mol. The molecule has 1 aromatic heterocycles. The Morgan fingerprint density at radius 2 is 1.83 bits per heavy atom. The summed E-state index contributed by atoms with van der Waals surface area (Å²) in [6, 6.07) is 16.0. The number of anilines is 2. The molecule has 10 heteroatoms. The summed E-state index contributed by atoms with van der Waals surface area (Å²) < 4.78 is 11.7. The zero-order chi connectivity index (χ0) is 24.9. The van der Waals surface area contributed by atoms with Crippen LogP contribution in [0.5, 0.6) is 0 Å². The van der Waals surface area contributed by atoms with Gasteiger partial charge < -0.3 is 20.1 Å². The summed E-state index contributed by atoms with van der Waals surface area (Å²) in [5.41, 5.74) is 6.55. The normalized spacial score (nSPS) is 14.4. The highest BCUT2D eigenvalue weighted by molar-refractivity contribution is 5.98. The second kappa shape index (κ2) is 10.4. The summed E-state index contributed by atoms with van der Waals surface area (Å²) in [7, 11) is 1.53. The van der Waals surface area contributed by atoms with Crippen molar-refractivity contribution in [2.45, 2.75) is 25.5 Å². The molecule has 0 bridgehead atoms. The van der Waals surface area contributed by atoms with Crippen molar-refractivity contribution in [2.75, 3.05) is 30.9 Å². The van der Waals surface area contributed by atoms with Gasteiger partial charge in [0.05, 0.1) is 18.5 Å². The fraction of sp³-hybridized carbons (Fsp3) is 0.280. The Hall–Kier alpha value is -4.18. The van der Waals surface area contributed by atoms with E-state index in [4.69, 9.17) is 15.2 Å². The Morgan fingerprint density at radius 3 is 2.57 bits per heavy atom. The minimum absolute atomic E-state index is 0.114. The van der Waals surface area contributed by atoms with Crippen molar-refractivity contribution in [3.63, 3.8) is 0 Å². The molecule has 3 N–H and O–H groups in total. The van der Waals surface area contributed by atoms with Gasteiger partial charge in [-0.3, -0.25) is 19.1 Å². The molecular weight excluding hydrogens is 452 g/mol. The largest absolute Gasteiger partial charge is 0.453 e. The summed E-state index contributed by atoms with van der Waals surface area (Å²) >= 11 is 0. The third-order valence-corrected chi connectivity index (χ3v) is 5.84. The van der Waals surface area contributed by atoms with Crippen LogP contribution >= 0.6 is 0 Å². The lowest BCUT2D eigenvalue weighted by atomic mass is 10.0. The summed E-state index contributed by atoms with van der Waals surface area (Å²) in [5, 5.41) is 0. The van der Waals surface area contributed by atoms with Gasteiger partial charge in [0.2, 0.25) is 5.91 Å². The molecule has 1 atom stereocenters. The van der Waals surface area contributed by atoms with Crippen LogP contribution in [-0.2, 0) is 20.8 Å². The lowest BCUT2D eigenvalue weighted by Gasteiger charge is -2.25. The number of H-pyrrole nitrogens is 1. The number of methoxy groups -OCH3 is 1. The van der Waals surface area contributed by atoms with E-state index in [-0.39, 0.29) is 31.0 Å². The zero-order valence-corrected chi connectivity index (χ0v) is 19.2. The van der Waals surface area contributed by atoms with Crippen molar-refractivity contribution in [2.24, 2.45) is 0 Å². The van der Waals surface area contributed by atoms with Gasteiger partial charge in [0, 0.05) is 25.8 Å². The van der Waals surface area contributed by atoms with Crippen molar-refractivity contribution in [1.29, 1.82) is 0 Å². The number of ether oxygens (including phenoxy) is 2. The molecule has 2 aromatic carbocycles. The molecule has 0 saturated heterocycles. The lowest BCUT2D eigenvalue weighted by Crippen LogP contribution is -2.42. The topological polar surface area (TPSA) is 137 Å². The van der Waals surface area contributed by atoms with Crippen molar-refractivity contribution >= 4 is 23.4 Å². The molecule has 10 nitrogen and oxygen atoms in total. The van der Waals surface area contributed by atoms with Crippen LogP contribution in [0.3, 0.4) is 0 Å². The van der Waals surface area contributed by atoms with Crippen LogP contribution in [0, 0.1) is 0 Å². The van der Waals surface area contributed by atoms with Gasteiger partial charge in [-0.1, -0.05) is 48.5 Å². The highest BCUT2D eigenvalue weighted by Crippen LogP contribution is 2.34. The number of aromatic nitrogens is 2. The Bertz CT molecular complexity index is 1350. The SMILES string of the molecule is COCCCN(C(=O)C[C@@H]1OC(=O)c2ccccc21)c1c(N)n(Cc2ccccc2)c(=O)[nH]c1=O. The number of rotatable bonds is 9. The summed E-state index contributed by atoms with van der Waals surface area (Å²) in [6.07, 6.45) is -0.557. The van der Waals surface area contributed by atoms with Gasteiger partial charge >= 0.3 is 11.7 Å². The molecule has 1 aliphatic heterocycles. The zero-order valence-electron chi connectivity index (χ0n) is 19.2. The number of fused-ring (bicyclic) bond motifs is 1. The van der Waals surface area contributed by atoms with Crippen LogP contribution in [0.1, 0.15) is 40.4 Å². The Balaban J connectivity index is 1.69. The van der Waals surface area contributed by atoms with Gasteiger partial charge in [0.15, 0.2) is 5.69 Å². The third-order valence-electron chi connectivity index (χ3n) is 5.84. The maximum atomic E-state index is 13.5. The van der Waals surface area contributed by atoms with Gasteiger partial charge in [-0.05, 0) is 18.1 Å². The van der Waals surface area contributed by atoms with E-state index >= 15 is 0 Å². The minimum atomic E-state index is -0.786. The van der Waals surface area contributed by atoms with Gasteiger partial charge in [0.1, 0.15) is 11.9 Å². The summed E-state index contributed by atoms with van der Waals surface area (Å²) in [6.45, 7) is 0.571. The molecule has 2 heterocycles. The highest BCUT2D eigenvalue weighted by Gasteiger charge is 2.34. The molecule has 0 fully saturated rings. The monoisotopic (exact) mass is 478 g/mol. The van der Waals surface area contributed by atoms with E-state index in [0.29, 0.717) is 24.2 Å². The number of amides is 1. The van der Waals surface area contributed by atoms with Gasteiger partial charge in [-0.25, -0.2) is 9.59 Å². The molecule has 3 aromatic rings. The number of nitrogens with zero attached hydrogens (tertiary/aromatic N) is 2. The molecule has 0 radical (unpaired) electrons. The number of hydrogen-bond donors (Lipinski definition) is 2. The maximum Gasteiger partial charge on any atom is 0.339 e. The van der Waals surface area contributed by atoms with E-state index in [9.17, 15) is 19.2 Å². The Labute approximate surface area is 200 Å². The standard InChI is InChI=1S/C25H26N4O6/c1-34-13-7-12-28(20(30)14-19-17-10-5-6-11-18(17)24(32)35-19)21-22(26)29(25(33)27-23(21)31)15-16-8-3-2-4-9-16/h2-6,8-11,19H,7,12-15,26H2,1H3,(H,27,31,33)/t19-/m0/s1. The van der Waals surface area contributed by atoms with Gasteiger partial charge in [-0.2, -0.15) is 0 Å². The number of nitrogen functional groups attached to an aromatic ring is 1. The Kier molecular flexibility index (Phi) is 7.11. The summed E-state index contributed by atoms with van der Waals surface area (Å²) in [5.74, 6) is -1.10. The highest BCUT2D eigenvalue weighted by atomic mass is 16.5. The van der Waals surface area contributed by atoms with Crippen molar-refractivity contribution < 1.29 is 19.1 Å². The van der Waals surface area contributed by atoms with E-state index in [2.05, 4.69) is 4.98 Å². The molecule has 1 amide bonds. The molecule has 4 rings (SSSR count). The number of hydrogen-bond acceptors (Lipinski definition) is 7. The molecule has 182 valence electrons. The average Bonchev–Trinajstić information content (AvgIpc) is 3.16. The van der Waals surface area contributed by atoms with Crippen molar-refractivity contribution in [3.05, 3.63) is 92.1 Å². The first kappa shape index (κ1) is 24.0. The van der Waals surface area contributed by atoms with Crippen LogP contribution in [0.15, 0.2) is 64.2 Å². The second-order valence-corrected chi connectivity index (χ2v) is 8.14. The molecule has 1 aliphatic rings. The number of cyclic esters (lactones) is 1. The van der Waals surface area contributed by atoms with Crippen LogP contribution in [0.25, 0.3) is 0 Å². The number of carbonyl (C=O) groups is 2. The maximum absolute atomic E-state index is 13.5. The van der Waals surface area contributed by atoms with E-state index in [1.54, 1.807) is 24.3 Å². The average molecular weight is 479 g/mol. The molecule has 0 aliphatic carbocycles. The van der Waals surface area contributed by atoms with E-state index in [1.165, 1.54) is 16.6 Å². The quantitative estimate of drug-likeness (QED) is 0.354. The third kappa shape index (κ3) is 5.02. The molecule has 0 spiro atoms. The molecular formula is C25H26N4O6. The van der Waals surface area contributed by atoms with Crippen molar-refractivity contribution in [1.82, 2.24) is 9.55 Å². The fourth-order valence-electron chi connectivity index (χ4n) is 4.13. The van der Waals surface area contributed by atoms with Crippen LogP contribution in [-0.4, -0.2) is 41.7 Å². The van der Waals surface area contributed by atoms with Crippen LogP contribution in [0.2, 0.25) is 0 Å². The smallest absolute Gasteiger partial charge is 0.339 e. The molecule has 0 unspecified atom stereocenters. The van der Waals surface area contributed by atoms with Crippen LogP contribution in [0.4, 0.5) is 11.5 Å². The first-order valence-corrected chi connectivity index (χ1v) is 11.2. The predicted octanol–water partition coefficient (Wildman–Crippen LogP) is 1.84. The molecule has 0 saturated carbocycles. The molecule has 35 heavy (non-hydrogen) atoms. The second-order valence-electron chi connectivity index (χ2n) is 8.14. The number of carbonyl (C=O) groups excluding carboxylic acids is 2.